The lowest BCUT2D eigenvalue weighted by Gasteiger charge is -2.13. The molecule has 10 heteroatoms. The van der Waals surface area contributed by atoms with E-state index in [9.17, 15) is 9.59 Å². The molecule has 0 saturated heterocycles. The number of carbonyl (C=O) groups is 2. The van der Waals surface area contributed by atoms with Crippen LogP contribution in [0.25, 0.3) is 10.8 Å². The van der Waals surface area contributed by atoms with Gasteiger partial charge in [0.15, 0.2) is 11.7 Å². The van der Waals surface area contributed by atoms with Crippen molar-refractivity contribution in [3.8, 4) is 5.75 Å². The van der Waals surface area contributed by atoms with Crippen LogP contribution in [0.3, 0.4) is 0 Å². The Bertz CT molecular complexity index is 1180. The van der Waals surface area contributed by atoms with Crippen LogP contribution < -0.4 is 20.9 Å². The summed E-state index contributed by atoms with van der Waals surface area (Å²) in [6, 6.07) is 16.9. The van der Waals surface area contributed by atoms with Crippen molar-refractivity contribution < 1.29 is 14.3 Å². The molecule has 0 heterocycles. The second-order valence-corrected chi connectivity index (χ2v) is 9.20. The SMILES string of the molecule is O=C(COc1ccc2cc(Br)ccc2c1Br)NNC(=S)NC(=O)CCc1ccccc1Cl. The maximum Gasteiger partial charge on any atom is 0.276 e. The van der Waals surface area contributed by atoms with Crippen LogP contribution in [-0.4, -0.2) is 23.5 Å². The Labute approximate surface area is 212 Å². The lowest BCUT2D eigenvalue weighted by Crippen LogP contribution is -2.49. The van der Waals surface area contributed by atoms with Gasteiger partial charge in [-0.25, -0.2) is 0 Å². The summed E-state index contributed by atoms with van der Waals surface area (Å²) < 4.78 is 7.32. The molecule has 0 spiro atoms. The predicted octanol–water partition coefficient (Wildman–Crippen LogP) is 5.05. The van der Waals surface area contributed by atoms with Gasteiger partial charge in [0, 0.05) is 15.9 Å². The van der Waals surface area contributed by atoms with E-state index in [0.717, 1.165) is 25.3 Å². The van der Waals surface area contributed by atoms with Crippen LogP contribution in [0.15, 0.2) is 63.5 Å². The molecule has 0 fully saturated rings. The highest BCUT2D eigenvalue weighted by Crippen LogP contribution is 2.34. The van der Waals surface area contributed by atoms with E-state index >= 15 is 0 Å². The predicted molar refractivity (Wildman–Crippen MR) is 137 cm³/mol. The van der Waals surface area contributed by atoms with Gasteiger partial charge in [0.25, 0.3) is 5.91 Å². The standard InChI is InChI=1S/C22H18Br2ClN3O3S/c23-15-7-8-16-14(11-15)5-9-18(21(16)24)31-12-20(30)27-28-22(32)26-19(29)10-6-13-3-1-2-4-17(13)25/h1-5,7-9,11H,6,10,12H2,(H,27,30)(H2,26,28,29,32). The number of hydrazine groups is 1. The fraction of sp³-hybridized carbons (Fsp3) is 0.136. The smallest absolute Gasteiger partial charge is 0.276 e. The van der Waals surface area contributed by atoms with Crippen LogP contribution in [0.5, 0.6) is 5.75 Å². The van der Waals surface area contributed by atoms with Gasteiger partial charge in [-0.1, -0.05) is 57.9 Å². The first-order valence-corrected chi connectivity index (χ1v) is 11.8. The second-order valence-electron chi connectivity index (χ2n) is 6.67. The van der Waals surface area contributed by atoms with Gasteiger partial charge >= 0.3 is 0 Å². The van der Waals surface area contributed by atoms with E-state index in [2.05, 4.69) is 48.0 Å². The summed E-state index contributed by atoms with van der Waals surface area (Å²) in [4.78, 5) is 24.1. The van der Waals surface area contributed by atoms with Crippen LogP contribution in [0, 0.1) is 0 Å². The minimum atomic E-state index is -0.458. The van der Waals surface area contributed by atoms with E-state index < -0.39 is 5.91 Å². The highest BCUT2D eigenvalue weighted by atomic mass is 79.9. The first-order chi connectivity index (χ1) is 15.3. The van der Waals surface area contributed by atoms with Crippen molar-refractivity contribution in [3.63, 3.8) is 0 Å². The summed E-state index contributed by atoms with van der Waals surface area (Å²) >= 11 is 18.1. The Balaban J connectivity index is 1.41. The topological polar surface area (TPSA) is 79.5 Å². The highest BCUT2D eigenvalue weighted by Gasteiger charge is 2.11. The number of carbonyl (C=O) groups excluding carboxylic acids is 2. The third-order valence-corrected chi connectivity index (χ3v) is 6.27. The number of fused-ring (bicyclic) bond motifs is 1. The zero-order valence-corrected chi connectivity index (χ0v) is 21.3. The van der Waals surface area contributed by atoms with Crippen molar-refractivity contribution in [2.75, 3.05) is 6.61 Å². The molecule has 3 aromatic rings. The van der Waals surface area contributed by atoms with E-state index in [1.807, 2.05) is 42.5 Å². The molecule has 0 bridgehead atoms. The Morgan fingerprint density at radius 3 is 2.56 bits per heavy atom. The summed E-state index contributed by atoms with van der Waals surface area (Å²) in [5, 5.41) is 5.09. The number of rotatable bonds is 6. The van der Waals surface area contributed by atoms with Crippen molar-refractivity contribution in [2.24, 2.45) is 0 Å². The van der Waals surface area contributed by atoms with E-state index in [0.29, 0.717) is 17.2 Å². The second kappa shape index (κ2) is 11.6. The molecule has 3 N–H and O–H groups in total. The number of amides is 2. The maximum absolute atomic E-state index is 12.1. The van der Waals surface area contributed by atoms with Gasteiger partial charge in [-0.05, 0) is 75.2 Å². The number of benzene rings is 3. The minimum absolute atomic E-state index is 0.0139. The van der Waals surface area contributed by atoms with Gasteiger partial charge in [-0.2, -0.15) is 0 Å². The molecule has 0 aliphatic rings. The highest BCUT2D eigenvalue weighted by molar-refractivity contribution is 9.11. The summed E-state index contributed by atoms with van der Waals surface area (Å²) in [6.07, 6.45) is 0.682. The van der Waals surface area contributed by atoms with Gasteiger partial charge in [0.2, 0.25) is 5.91 Å². The first-order valence-electron chi connectivity index (χ1n) is 9.46. The third-order valence-electron chi connectivity index (χ3n) is 4.39. The fourth-order valence-corrected chi connectivity index (χ4v) is 4.21. The lowest BCUT2D eigenvalue weighted by atomic mass is 10.1. The van der Waals surface area contributed by atoms with Crippen molar-refractivity contribution >= 4 is 83.4 Å². The lowest BCUT2D eigenvalue weighted by molar-refractivity contribution is -0.124. The molecule has 166 valence electrons. The van der Waals surface area contributed by atoms with Crippen LogP contribution in [0.1, 0.15) is 12.0 Å². The Kier molecular flexibility index (Phi) is 8.86. The molecule has 3 rings (SSSR count). The largest absolute Gasteiger partial charge is 0.483 e. The van der Waals surface area contributed by atoms with Crippen molar-refractivity contribution in [2.45, 2.75) is 12.8 Å². The van der Waals surface area contributed by atoms with Crippen LogP contribution in [0.4, 0.5) is 0 Å². The Morgan fingerprint density at radius 2 is 1.78 bits per heavy atom. The molecule has 6 nitrogen and oxygen atoms in total. The number of hydrogen-bond acceptors (Lipinski definition) is 4. The fourth-order valence-electron chi connectivity index (χ4n) is 2.83. The average Bonchev–Trinajstić information content (AvgIpc) is 2.76. The van der Waals surface area contributed by atoms with E-state index in [-0.39, 0.29) is 24.0 Å². The molecule has 0 saturated carbocycles. The maximum atomic E-state index is 12.1. The minimum Gasteiger partial charge on any atom is -0.483 e. The van der Waals surface area contributed by atoms with Gasteiger partial charge in [0.1, 0.15) is 5.75 Å². The number of nitrogens with one attached hydrogen (secondary N) is 3. The van der Waals surface area contributed by atoms with Crippen LogP contribution in [-0.2, 0) is 16.0 Å². The van der Waals surface area contributed by atoms with E-state index in [1.54, 1.807) is 12.1 Å². The number of hydrogen-bond donors (Lipinski definition) is 3. The summed E-state index contributed by atoms with van der Waals surface area (Å²) in [5.74, 6) is -0.217. The molecular formula is C22H18Br2ClN3O3S. The molecule has 0 unspecified atom stereocenters. The molecule has 0 radical (unpaired) electrons. The quantitative estimate of drug-likeness (QED) is 0.273. The Hall–Kier alpha value is -2.20. The number of halogens is 3. The van der Waals surface area contributed by atoms with Gasteiger partial charge in [0.05, 0.1) is 4.47 Å². The average molecular weight is 600 g/mol. The van der Waals surface area contributed by atoms with Gasteiger partial charge in [-0.3, -0.25) is 20.4 Å². The van der Waals surface area contributed by atoms with E-state index in [1.165, 1.54) is 0 Å². The Morgan fingerprint density at radius 1 is 1.00 bits per heavy atom. The number of ether oxygens (including phenoxy) is 1. The van der Waals surface area contributed by atoms with Gasteiger partial charge < -0.3 is 10.1 Å². The third kappa shape index (κ3) is 6.90. The van der Waals surface area contributed by atoms with Gasteiger partial charge in [-0.15, -0.1) is 0 Å². The van der Waals surface area contributed by atoms with Crippen molar-refractivity contribution in [1.82, 2.24) is 16.2 Å². The van der Waals surface area contributed by atoms with Crippen LogP contribution in [0.2, 0.25) is 5.02 Å². The molecular weight excluding hydrogens is 582 g/mol. The zero-order valence-electron chi connectivity index (χ0n) is 16.6. The first kappa shape index (κ1) is 24.4. The molecule has 3 aromatic carbocycles. The molecule has 0 atom stereocenters. The molecule has 0 aliphatic heterocycles. The van der Waals surface area contributed by atoms with E-state index in [4.69, 9.17) is 28.6 Å². The number of aryl methyl sites for hydroxylation is 1. The molecule has 2 amide bonds. The van der Waals surface area contributed by atoms with Crippen molar-refractivity contribution in [3.05, 3.63) is 74.1 Å². The summed E-state index contributed by atoms with van der Waals surface area (Å²) in [5.41, 5.74) is 5.76. The van der Waals surface area contributed by atoms with Crippen molar-refractivity contribution in [1.29, 1.82) is 0 Å². The normalized spacial score (nSPS) is 10.5. The van der Waals surface area contributed by atoms with Crippen LogP contribution >= 0.6 is 55.7 Å². The summed E-state index contributed by atoms with van der Waals surface area (Å²) in [7, 11) is 0. The molecule has 0 aromatic heterocycles. The molecule has 0 aliphatic carbocycles. The zero-order chi connectivity index (χ0) is 23.1. The molecule has 32 heavy (non-hydrogen) atoms. The number of thiocarbonyl (C=S) groups is 1. The summed E-state index contributed by atoms with van der Waals surface area (Å²) in [6.45, 7) is -0.239. The monoisotopic (exact) mass is 597 g/mol.